The highest BCUT2D eigenvalue weighted by Gasteiger charge is 2.35. The fourth-order valence-corrected chi connectivity index (χ4v) is 5.74. The summed E-state index contributed by atoms with van der Waals surface area (Å²) in [6.45, 7) is 4.80. The second kappa shape index (κ2) is 8.83. The van der Waals surface area contributed by atoms with Gasteiger partial charge in [0.15, 0.2) is 5.78 Å². The highest BCUT2D eigenvalue weighted by Crippen LogP contribution is 2.26. The first kappa shape index (κ1) is 21.0. The molecular formula is C22H26FN3O3S. The van der Waals surface area contributed by atoms with Gasteiger partial charge in [0.2, 0.25) is 10.0 Å². The van der Waals surface area contributed by atoms with Crippen LogP contribution in [0.3, 0.4) is 0 Å². The smallest absolute Gasteiger partial charge is 0.244 e. The molecule has 2 heterocycles. The van der Waals surface area contributed by atoms with Crippen molar-refractivity contribution >= 4 is 21.5 Å². The first-order valence-corrected chi connectivity index (χ1v) is 11.7. The number of unbranched alkanes of at least 4 members (excludes halogenated alkanes) is 1. The van der Waals surface area contributed by atoms with Gasteiger partial charge in [-0.2, -0.15) is 4.31 Å². The van der Waals surface area contributed by atoms with Gasteiger partial charge >= 0.3 is 0 Å². The first-order chi connectivity index (χ1) is 14.4. The Morgan fingerprint density at radius 2 is 1.53 bits per heavy atom. The van der Waals surface area contributed by atoms with E-state index in [0.29, 0.717) is 18.5 Å². The van der Waals surface area contributed by atoms with Gasteiger partial charge in [-0.15, -0.1) is 0 Å². The Bertz CT molecular complexity index is 1000. The van der Waals surface area contributed by atoms with E-state index in [-0.39, 0.29) is 23.0 Å². The standard InChI is InChI=1S/C22H26FN3O3S/c23-18-7-9-19(10-8-18)25-15-13-24(14-16-25)11-3-4-12-26-17-21(27)20-5-1-2-6-22(20)30(26,28)29/h1-2,5-10H,3-4,11-17H2. The fourth-order valence-electron chi connectivity index (χ4n) is 4.10. The Morgan fingerprint density at radius 3 is 2.27 bits per heavy atom. The van der Waals surface area contributed by atoms with Gasteiger partial charge < -0.3 is 4.90 Å². The Labute approximate surface area is 176 Å². The van der Waals surface area contributed by atoms with Gasteiger partial charge in [0, 0.05) is 44.0 Å². The van der Waals surface area contributed by atoms with Crippen molar-refractivity contribution in [3.63, 3.8) is 0 Å². The van der Waals surface area contributed by atoms with Gasteiger partial charge in [-0.25, -0.2) is 12.8 Å². The third-order valence-corrected chi connectivity index (χ3v) is 7.72. The van der Waals surface area contributed by atoms with Crippen LogP contribution in [0.15, 0.2) is 53.4 Å². The zero-order valence-electron chi connectivity index (χ0n) is 16.8. The monoisotopic (exact) mass is 431 g/mol. The van der Waals surface area contributed by atoms with E-state index in [0.717, 1.165) is 44.8 Å². The number of sulfonamides is 1. The number of fused-ring (bicyclic) bond motifs is 1. The molecular weight excluding hydrogens is 405 g/mol. The maximum atomic E-state index is 13.1. The molecule has 30 heavy (non-hydrogen) atoms. The third-order valence-electron chi connectivity index (χ3n) is 5.82. The molecule has 0 spiro atoms. The van der Waals surface area contributed by atoms with Crippen LogP contribution in [0.5, 0.6) is 0 Å². The van der Waals surface area contributed by atoms with Crippen LogP contribution in [0.1, 0.15) is 23.2 Å². The summed E-state index contributed by atoms with van der Waals surface area (Å²) in [5, 5.41) is 0. The van der Waals surface area contributed by atoms with Crippen molar-refractivity contribution in [2.24, 2.45) is 0 Å². The molecule has 0 bridgehead atoms. The zero-order chi connectivity index (χ0) is 21.1. The molecule has 8 heteroatoms. The number of ketones is 1. The molecule has 1 saturated heterocycles. The maximum Gasteiger partial charge on any atom is 0.244 e. The lowest BCUT2D eigenvalue weighted by molar-refractivity contribution is 0.0955. The predicted molar refractivity (Wildman–Crippen MR) is 114 cm³/mol. The highest BCUT2D eigenvalue weighted by molar-refractivity contribution is 7.89. The number of carbonyl (C=O) groups is 1. The van der Waals surface area contributed by atoms with Crippen LogP contribution in [0.25, 0.3) is 0 Å². The fraction of sp³-hybridized carbons (Fsp3) is 0.409. The van der Waals surface area contributed by atoms with Crippen LogP contribution in [0, 0.1) is 5.82 Å². The van der Waals surface area contributed by atoms with Gasteiger partial charge in [0.25, 0.3) is 0 Å². The normalized spacial score (nSPS) is 19.6. The second-order valence-electron chi connectivity index (χ2n) is 7.77. The van der Waals surface area contributed by atoms with Crippen molar-refractivity contribution in [3.8, 4) is 0 Å². The highest BCUT2D eigenvalue weighted by atomic mass is 32.2. The maximum absolute atomic E-state index is 13.1. The number of halogens is 1. The third kappa shape index (κ3) is 4.40. The van der Waals surface area contributed by atoms with Crippen molar-refractivity contribution in [1.82, 2.24) is 9.21 Å². The molecule has 6 nitrogen and oxygen atoms in total. The minimum Gasteiger partial charge on any atom is -0.369 e. The molecule has 1 fully saturated rings. The Kier molecular flexibility index (Phi) is 6.17. The Morgan fingerprint density at radius 1 is 0.867 bits per heavy atom. The molecule has 160 valence electrons. The lowest BCUT2D eigenvalue weighted by atomic mass is 10.1. The summed E-state index contributed by atoms with van der Waals surface area (Å²) in [7, 11) is -3.60. The van der Waals surface area contributed by atoms with Crippen molar-refractivity contribution < 1.29 is 17.6 Å². The Hall–Kier alpha value is -2.29. The topological polar surface area (TPSA) is 60.9 Å². The summed E-state index contributed by atoms with van der Waals surface area (Å²) in [4.78, 5) is 17.0. The number of rotatable bonds is 6. The molecule has 0 radical (unpaired) electrons. The number of hydrogen-bond acceptors (Lipinski definition) is 5. The molecule has 2 aromatic carbocycles. The minimum absolute atomic E-state index is 0.0737. The second-order valence-corrected chi connectivity index (χ2v) is 9.68. The molecule has 0 aliphatic carbocycles. The van der Waals surface area contributed by atoms with Crippen molar-refractivity contribution in [2.75, 3.05) is 50.7 Å². The molecule has 0 atom stereocenters. The zero-order valence-corrected chi connectivity index (χ0v) is 17.7. The SMILES string of the molecule is O=C1CN(CCCCN2CCN(c3ccc(F)cc3)CC2)S(=O)(=O)c2ccccc21. The summed E-state index contributed by atoms with van der Waals surface area (Å²) in [5.74, 6) is -0.365. The van der Waals surface area contributed by atoms with Crippen molar-refractivity contribution in [2.45, 2.75) is 17.7 Å². The number of nitrogens with zero attached hydrogens (tertiary/aromatic N) is 3. The molecule has 4 rings (SSSR count). The minimum atomic E-state index is -3.60. The summed E-state index contributed by atoms with van der Waals surface area (Å²) in [6, 6.07) is 13.0. The number of carbonyl (C=O) groups excluding carboxylic acids is 1. The average Bonchev–Trinajstić information content (AvgIpc) is 2.76. The summed E-state index contributed by atoms with van der Waals surface area (Å²) >= 11 is 0. The van der Waals surface area contributed by atoms with Gasteiger partial charge in [0.1, 0.15) is 5.82 Å². The van der Waals surface area contributed by atoms with E-state index in [4.69, 9.17) is 0 Å². The summed E-state index contributed by atoms with van der Waals surface area (Å²) in [6.07, 6.45) is 1.59. The van der Waals surface area contributed by atoms with E-state index in [9.17, 15) is 17.6 Å². The molecule has 0 amide bonds. The van der Waals surface area contributed by atoms with Crippen molar-refractivity contribution in [3.05, 3.63) is 59.9 Å². The van der Waals surface area contributed by atoms with Gasteiger partial charge in [-0.1, -0.05) is 12.1 Å². The first-order valence-electron chi connectivity index (χ1n) is 10.3. The summed E-state index contributed by atoms with van der Waals surface area (Å²) in [5.41, 5.74) is 1.34. The molecule has 0 N–H and O–H groups in total. The molecule has 0 saturated carbocycles. The van der Waals surface area contributed by atoms with Crippen LogP contribution >= 0.6 is 0 Å². The number of hydrogen-bond donors (Lipinski definition) is 0. The van der Waals surface area contributed by atoms with Crippen LogP contribution < -0.4 is 4.90 Å². The van der Waals surface area contributed by atoms with E-state index in [2.05, 4.69) is 9.80 Å². The molecule has 2 aliphatic heterocycles. The molecule has 2 aromatic rings. The predicted octanol–water partition coefficient (Wildman–Crippen LogP) is 2.62. The van der Waals surface area contributed by atoms with Crippen LogP contribution in [-0.2, 0) is 10.0 Å². The van der Waals surface area contributed by atoms with E-state index in [1.54, 1.807) is 18.2 Å². The molecule has 0 aromatic heterocycles. The average molecular weight is 432 g/mol. The molecule has 0 unspecified atom stereocenters. The van der Waals surface area contributed by atoms with Gasteiger partial charge in [0.05, 0.1) is 11.4 Å². The lowest BCUT2D eigenvalue weighted by Gasteiger charge is -2.36. The van der Waals surface area contributed by atoms with E-state index < -0.39 is 10.0 Å². The number of benzene rings is 2. The van der Waals surface area contributed by atoms with Crippen LogP contribution in [0.4, 0.5) is 10.1 Å². The van der Waals surface area contributed by atoms with Crippen LogP contribution in [0.2, 0.25) is 0 Å². The van der Waals surface area contributed by atoms with E-state index >= 15 is 0 Å². The number of piperazine rings is 1. The van der Waals surface area contributed by atoms with E-state index in [1.165, 1.54) is 22.5 Å². The summed E-state index contributed by atoms with van der Waals surface area (Å²) < 4.78 is 39.9. The number of anilines is 1. The Balaban J connectivity index is 1.23. The van der Waals surface area contributed by atoms with Crippen molar-refractivity contribution in [1.29, 1.82) is 0 Å². The lowest BCUT2D eigenvalue weighted by Crippen LogP contribution is -2.46. The van der Waals surface area contributed by atoms with Gasteiger partial charge in [-0.05, 0) is 55.8 Å². The largest absolute Gasteiger partial charge is 0.369 e. The van der Waals surface area contributed by atoms with Gasteiger partial charge in [-0.3, -0.25) is 9.69 Å². The van der Waals surface area contributed by atoms with E-state index in [1.807, 2.05) is 12.1 Å². The number of Topliss-reactive ketones (excluding diaryl/α,β-unsaturated/α-hetero) is 1. The quantitative estimate of drug-likeness (QED) is 0.658. The van der Waals surface area contributed by atoms with Crippen LogP contribution in [-0.4, -0.2) is 69.2 Å². The molecule has 2 aliphatic rings.